The van der Waals surface area contributed by atoms with Crippen molar-refractivity contribution in [2.75, 3.05) is 11.9 Å². The fraction of sp³-hybridized carbons (Fsp3) is 0.474. The van der Waals surface area contributed by atoms with Crippen molar-refractivity contribution in [1.29, 1.82) is 0 Å². The highest BCUT2D eigenvalue weighted by Gasteiger charge is 2.15. The van der Waals surface area contributed by atoms with Gasteiger partial charge in [-0.3, -0.25) is 29.4 Å². The third-order valence-electron chi connectivity index (χ3n) is 5.05. The molecule has 1 aliphatic carbocycles. The maximum atomic E-state index is 12.1. The number of amides is 2. The molecule has 1 aliphatic rings. The predicted octanol–water partition coefficient (Wildman–Crippen LogP) is 1.63. The first kappa shape index (κ1) is 18.9. The normalized spacial score (nSPS) is 14.8. The molecule has 4 N–H and O–H groups in total. The van der Waals surface area contributed by atoms with Crippen LogP contribution in [0.25, 0.3) is 10.8 Å². The third kappa shape index (κ3) is 4.84. The summed E-state index contributed by atoms with van der Waals surface area (Å²) in [5, 5.41) is 9.98. The number of benzene rings is 1. The summed E-state index contributed by atoms with van der Waals surface area (Å²) in [7, 11) is 0. The standard InChI is InChI=1S/C19H24N4O4/c24-15(10-9-12-5-2-1-3-6-12)20-11-16(25)21-14-8-4-7-13-17(14)19(27)23-22-18(13)26/h4,7-8,12H,1-3,5-6,9-11H2,(H,20,24)(H,21,25)(H,22,26)(H,23,27). The van der Waals surface area contributed by atoms with E-state index in [1.807, 2.05) is 0 Å². The summed E-state index contributed by atoms with van der Waals surface area (Å²) < 4.78 is 0. The number of carbonyl (C=O) groups is 2. The molecule has 0 aliphatic heterocycles. The zero-order valence-electron chi connectivity index (χ0n) is 15.1. The second kappa shape index (κ2) is 8.66. The highest BCUT2D eigenvalue weighted by molar-refractivity contribution is 6.02. The van der Waals surface area contributed by atoms with Gasteiger partial charge in [-0.15, -0.1) is 0 Å². The van der Waals surface area contributed by atoms with Crippen LogP contribution < -0.4 is 21.8 Å². The number of aromatic amines is 2. The van der Waals surface area contributed by atoms with E-state index >= 15 is 0 Å². The van der Waals surface area contributed by atoms with Gasteiger partial charge in [0.15, 0.2) is 0 Å². The van der Waals surface area contributed by atoms with Crippen LogP contribution in [0.4, 0.5) is 5.69 Å². The minimum Gasteiger partial charge on any atom is -0.347 e. The number of carbonyl (C=O) groups excluding carboxylic acids is 2. The molecule has 1 fully saturated rings. The molecular formula is C19H24N4O4. The molecule has 8 heteroatoms. The molecule has 144 valence electrons. The number of anilines is 1. The minimum absolute atomic E-state index is 0.109. The fourth-order valence-electron chi connectivity index (χ4n) is 3.61. The van der Waals surface area contributed by atoms with Gasteiger partial charge in [-0.1, -0.05) is 38.2 Å². The van der Waals surface area contributed by atoms with Gasteiger partial charge in [-0.2, -0.15) is 0 Å². The van der Waals surface area contributed by atoms with Crippen molar-refractivity contribution in [3.63, 3.8) is 0 Å². The van der Waals surface area contributed by atoms with Crippen LogP contribution in [0.2, 0.25) is 0 Å². The lowest BCUT2D eigenvalue weighted by molar-refractivity contribution is -0.124. The molecule has 1 aromatic carbocycles. The molecule has 0 atom stereocenters. The summed E-state index contributed by atoms with van der Waals surface area (Å²) in [4.78, 5) is 47.9. The minimum atomic E-state index is -0.503. The quantitative estimate of drug-likeness (QED) is 0.615. The highest BCUT2D eigenvalue weighted by atomic mass is 16.2. The number of fused-ring (bicyclic) bond motifs is 1. The molecule has 3 rings (SSSR count). The van der Waals surface area contributed by atoms with Crippen LogP contribution in [0.3, 0.4) is 0 Å². The van der Waals surface area contributed by atoms with Gasteiger partial charge in [0.25, 0.3) is 11.1 Å². The molecule has 1 saturated carbocycles. The number of rotatable bonds is 6. The van der Waals surface area contributed by atoms with E-state index in [2.05, 4.69) is 20.8 Å². The Hall–Kier alpha value is -2.90. The molecule has 8 nitrogen and oxygen atoms in total. The second-order valence-electron chi connectivity index (χ2n) is 7.00. The Morgan fingerprint density at radius 1 is 1.00 bits per heavy atom. The van der Waals surface area contributed by atoms with Crippen LogP contribution in [0.15, 0.2) is 27.8 Å². The summed E-state index contributed by atoms with van der Waals surface area (Å²) in [6, 6.07) is 4.63. The smallest absolute Gasteiger partial charge is 0.272 e. The first-order valence-corrected chi connectivity index (χ1v) is 9.35. The Morgan fingerprint density at radius 2 is 1.74 bits per heavy atom. The molecule has 0 bridgehead atoms. The van der Waals surface area contributed by atoms with E-state index in [0.29, 0.717) is 12.3 Å². The van der Waals surface area contributed by atoms with Gasteiger partial charge in [0.2, 0.25) is 11.8 Å². The molecule has 0 radical (unpaired) electrons. The van der Waals surface area contributed by atoms with E-state index in [4.69, 9.17) is 0 Å². The lowest BCUT2D eigenvalue weighted by Gasteiger charge is -2.20. The van der Waals surface area contributed by atoms with E-state index in [1.54, 1.807) is 12.1 Å². The molecule has 0 saturated heterocycles. The molecule has 1 aromatic heterocycles. The van der Waals surface area contributed by atoms with Crippen molar-refractivity contribution in [1.82, 2.24) is 15.5 Å². The van der Waals surface area contributed by atoms with Gasteiger partial charge < -0.3 is 10.6 Å². The van der Waals surface area contributed by atoms with Crippen molar-refractivity contribution in [3.8, 4) is 0 Å². The number of hydrogen-bond donors (Lipinski definition) is 4. The summed E-state index contributed by atoms with van der Waals surface area (Å²) in [6.07, 6.45) is 7.40. The lowest BCUT2D eigenvalue weighted by Crippen LogP contribution is -2.33. The van der Waals surface area contributed by atoms with Gasteiger partial charge in [0, 0.05) is 6.42 Å². The average molecular weight is 372 g/mol. The topological polar surface area (TPSA) is 124 Å². The lowest BCUT2D eigenvalue weighted by atomic mass is 9.86. The molecule has 0 spiro atoms. The summed E-state index contributed by atoms with van der Waals surface area (Å²) in [6.45, 7) is -0.180. The van der Waals surface area contributed by atoms with Gasteiger partial charge >= 0.3 is 0 Å². The van der Waals surface area contributed by atoms with Crippen LogP contribution in [0, 0.1) is 5.92 Å². The van der Waals surface area contributed by atoms with Crippen LogP contribution in [0.5, 0.6) is 0 Å². The fourth-order valence-corrected chi connectivity index (χ4v) is 3.61. The zero-order valence-corrected chi connectivity index (χ0v) is 15.1. The van der Waals surface area contributed by atoms with Crippen molar-refractivity contribution >= 4 is 28.3 Å². The number of hydrogen-bond acceptors (Lipinski definition) is 4. The van der Waals surface area contributed by atoms with Gasteiger partial charge in [-0.05, 0) is 24.5 Å². The monoisotopic (exact) mass is 372 g/mol. The van der Waals surface area contributed by atoms with E-state index in [1.165, 1.54) is 38.2 Å². The molecule has 2 aromatic rings. The van der Waals surface area contributed by atoms with E-state index < -0.39 is 17.0 Å². The zero-order chi connectivity index (χ0) is 19.2. The summed E-state index contributed by atoms with van der Waals surface area (Å²) in [5.74, 6) is 0.00922. The maximum Gasteiger partial charge on any atom is 0.272 e. The largest absolute Gasteiger partial charge is 0.347 e. The van der Waals surface area contributed by atoms with E-state index in [-0.39, 0.29) is 28.9 Å². The Kier molecular flexibility index (Phi) is 6.05. The van der Waals surface area contributed by atoms with Crippen molar-refractivity contribution in [3.05, 3.63) is 38.9 Å². The Labute approximate surface area is 155 Å². The summed E-state index contributed by atoms with van der Waals surface area (Å²) in [5.41, 5.74) is -0.713. The SMILES string of the molecule is O=C(CCC1CCCCC1)NCC(=O)Nc1cccc2c(=O)[nH][nH]c(=O)c12. The van der Waals surface area contributed by atoms with Crippen LogP contribution in [0.1, 0.15) is 44.9 Å². The van der Waals surface area contributed by atoms with Crippen molar-refractivity contribution in [2.24, 2.45) is 5.92 Å². The van der Waals surface area contributed by atoms with Crippen molar-refractivity contribution in [2.45, 2.75) is 44.9 Å². The molecule has 1 heterocycles. The molecular weight excluding hydrogens is 348 g/mol. The summed E-state index contributed by atoms with van der Waals surface area (Å²) >= 11 is 0. The second-order valence-corrected chi connectivity index (χ2v) is 7.00. The van der Waals surface area contributed by atoms with Crippen LogP contribution in [-0.4, -0.2) is 28.6 Å². The Balaban J connectivity index is 1.54. The first-order chi connectivity index (χ1) is 13.0. The maximum absolute atomic E-state index is 12.1. The van der Waals surface area contributed by atoms with Crippen LogP contribution >= 0.6 is 0 Å². The van der Waals surface area contributed by atoms with Gasteiger partial charge in [-0.25, -0.2) is 0 Å². The number of aromatic nitrogens is 2. The average Bonchev–Trinajstić information content (AvgIpc) is 2.68. The molecule has 0 unspecified atom stereocenters. The van der Waals surface area contributed by atoms with E-state index in [9.17, 15) is 19.2 Å². The van der Waals surface area contributed by atoms with Gasteiger partial charge in [0.05, 0.1) is 23.0 Å². The molecule has 2 amide bonds. The highest BCUT2D eigenvalue weighted by Crippen LogP contribution is 2.27. The van der Waals surface area contributed by atoms with Crippen LogP contribution in [-0.2, 0) is 9.59 Å². The third-order valence-corrected chi connectivity index (χ3v) is 5.05. The Morgan fingerprint density at radius 3 is 2.52 bits per heavy atom. The number of H-pyrrole nitrogens is 2. The van der Waals surface area contributed by atoms with Gasteiger partial charge in [0.1, 0.15) is 0 Å². The van der Waals surface area contributed by atoms with E-state index in [0.717, 1.165) is 6.42 Å². The van der Waals surface area contributed by atoms with Crippen molar-refractivity contribution < 1.29 is 9.59 Å². The molecule has 27 heavy (non-hydrogen) atoms. The number of nitrogens with one attached hydrogen (secondary N) is 4. The Bertz CT molecular complexity index is 941. The predicted molar refractivity (Wildman–Crippen MR) is 103 cm³/mol. The first-order valence-electron chi connectivity index (χ1n) is 9.35.